The quantitative estimate of drug-likeness (QED) is 0.633. The van der Waals surface area contributed by atoms with Gasteiger partial charge in [-0.3, -0.25) is 4.90 Å². The van der Waals surface area contributed by atoms with Gasteiger partial charge in [-0.05, 0) is 12.0 Å². The molecule has 1 aromatic carbocycles. The zero-order valence-electron chi connectivity index (χ0n) is 13.5. The van der Waals surface area contributed by atoms with Gasteiger partial charge in [0, 0.05) is 45.9 Å². The normalized spacial score (nSPS) is 14.3. The summed E-state index contributed by atoms with van der Waals surface area (Å²) >= 11 is 0. The lowest BCUT2D eigenvalue weighted by Gasteiger charge is -2.34. The Hall–Kier alpha value is -0.940. The Morgan fingerprint density at radius 2 is 1.71 bits per heavy atom. The van der Waals surface area contributed by atoms with Crippen molar-refractivity contribution in [3.05, 3.63) is 35.9 Å². The number of nitrogens with zero attached hydrogens (tertiary/aromatic N) is 1. The van der Waals surface area contributed by atoms with Crippen LogP contribution in [0.3, 0.4) is 0 Å². The van der Waals surface area contributed by atoms with Crippen LogP contribution < -0.4 is 0 Å². The maximum Gasteiger partial charge on any atom is 0.0589 e. The van der Waals surface area contributed by atoms with Gasteiger partial charge in [-0.25, -0.2) is 0 Å². The Morgan fingerprint density at radius 3 is 2.29 bits per heavy atom. The van der Waals surface area contributed by atoms with Gasteiger partial charge < -0.3 is 14.6 Å². The van der Waals surface area contributed by atoms with E-state index in [0.717, 1.165) is 32.7 Å². The van der Waals surface area contributed by atoms with E-state index in [1.807, 2.05) is 18.2 Å². The summed E-state index contributed by atoms with van der Waals surface area (Å²) in [5.74, 6) is 0. The monoisotopic (exact) mass is 295 g/mol. The third-order valence-electron chi connectivity index (χ3n) is 3.83. The van der Waals surface area contributed by atoms with Crippen molar-refractivity contribution in [1.82, 2.24) is 4.90 Å². The van der Waals surface area contributed by atoms with Crippen molar-refractivity contribution < 1.29 is 14.6 Å². The Balaban J connectivity index is 2.72. The third kappa shape index (κ3) is 6.14. The maximum atomic E-state index is 9.90. The number of hydrogen-bond acceptors (Lipinski definition) is 4. The maximum absolute atomic E-state index is 9.90. The molecule has 1 unspecified atom stereocenters. The van der Waals surface area contributed by atoms with E-state index in [-0.39, 0.29) is 12.0 Å². The summed E-state index contributed by atoms with van der Waals surface area (Å²) in [5.41, 5.74) is 0.906. The fourth-order valence-electron chi connectivity index (χ4n) is 2.49. The van der Waals surface area contributed by atoms with Gasteiger partial charge >= 0.3 is 0 Å². The van der Waals surface area contributed by atoms with Crippen molar-refractivity contribution in [3.8, 4) is 0 Å². The molecule has 0 aliphatic carbocycles. The van der Waals surface area contributed by atoms with E-state index >= 15 is 0 Å². The largest absolute Gasteiger partial charge is 0.395 e. The van der Waals surface area contributed by atoms with Crippen molar-refractivity contribution in [3.63, 3.8) is 0 Å². The minimum absolute atomic E-state index is 0.130. The SMILES string of the molecule is COCCCN(CCOC)CC(C)(CO)c1ccccc1. The minimum Gasteiger partial charge on any atom is -0.395 e. The summed E-state index contributed by atoms with van der Waals surface area (Å²) in [7, 11) is 3.44. The molecule has 0 amide bonds. The Morgan fingerprint density at radius 1 is 1.05 bits per heavy atom. The van der Waals surface area contributed by atoms with Gasteiger partial charge in [0.1, 0.15) is 0 Å². The first kappa shape index (κ1) is 18.1. The van der Waals surface area contributed by atoms with Crippen LogP contribution in [-0.4, -0.2) is 63.7 Å². The molecule has 4 heteroatoms. The first-order valence-corrected chi connectivity index (χ1v) is 7.53. The summed E-state index contributed by atoms with van der Waals surface area (Å²) in [6, 6.07) is 10.2. The van der Waals surface area contributed by atoms with E-state index in [4.69, 9.17) is 9.47 Å². The van der Waals surface area contributed by atoms with Gasteiger partial charge in [0.25, 0.3) is 0 Å². The number of hydrogen-bond donors (Lipinski definition) is 1. The molecule has 0 aliphatic heterocycles. The van der Waals surface area contributed by atoms with Crippen molar-refractivity contribution in [2.24, 2.45) is 0 Å². The molecular weight excluding hydrogens is 266 g/mol. The number of ether oxygens (including phenoxy) is 2. The molecule has 120 valence electrons. The average Bonchev–Trinajstić information content (AvgIpc) is 2.53. The zero-order chi connectivity index (χ0) is 15.6. The van der Waals surface area contributed by atoms with Crippen LogP contribution in [0.4, 0.5) is 0 Å². The molecule has 4 nitrogen and oxygen atoms in total. The lowest BCUT2D eigenvalue weighted by atomic mass is 9.82. The van der Waals surface area contributed by atoms with E-state index < -0.39 is 0 Å². The lowest BCUT2D eigenvalue weighted by Crippen LogP contribution is -2.43. The van der Waals surface area contributed by atoms with Crippen LogP contribution in [0.25, 0.3) is 0 Å². The highest BCUT2D eigenvalue weighted by molar-refractivity contribution is 5.25. The van der Waals surface area contributed by atoms with Crippen LogP contribution in [0.2, 0.25) is 0 Å². The van der Waals surface area contributed by atoms with Crippen LogP contribution in [0.1, 0.15) is 18.9 Å². The molecule has 0 spiro atoms. The summed E-state index contributed by atoms with van der Waals surface area (Å²) in [6.07, 6.45) is 0.983. The first-order valence-electron chi connectivity index (χ1n) is 7.53. The van der Waals surface area contributed by atoms with E-state index in [1.54, 1.807) is 14.2 Å². The van der Waals surface area contributed by atoms with Crippen molar-refractivity contribution >= 4 is 0 Å². The van der Waals surface area contributed by atoms with Crippen molar-refractivity contribution in [1.29, 1.82) is 0 Å². The van der Waals surface area contributed by atoms with Crippen LogP contribution in [-0.2, 0) is 14.9 Å². The number of aliphatic hydroxyl groups excluding tert-OH is 1. The van der Waals surface area contributed by atoms with Crippen LogP contribution in [0.5, 0.6) is 0 Å². The molecular formula is C17H29NO3. The minimum atomic E-state index is -0.262. The predicted octanol–water partition coefficient (Wildman–Crippen LogP) is 1.92. The molecule has 0 aromatic heterocycles. The molecule has 0 fully saturated rings. The topological polar surface area (TPSA) is 41.9 Å². The zero-order valence-corrected chi connectivity index (χ0v) is 13.5. The van der Waals surface area contributed by atoms with Crippen LogP contribution in [0.15, 0.2) is 30.3 Å². The fourth-order valence-corrected chi connectivity index (χ4v) is 2.49. The number of methoxy groups -OCH3 is 2. The number of aliphatic hydroxyl groups is 1. The second-order valence-corrected chi connectivity index (χ2v) is 5.70. The highest BCUT2D eigenvalue weighted by atomic mass is 16.5. The van der Waals surface area contributed by atoms with E-state index in [0.29, 0.717) is 6.61 Å². The highest BCUT2D eigenvalue weighted by Crippen LogP contribution is 2.24. The van der Waals surface area contributed by atoms with Crippen molar-refractivity contribution in [2.75, 3.05) is 53.7 Å². The van der Waals surface area contributed by atoms with E-state index in [2.05, 4.69) is 24.0 Å². The van der Waals surface area contributed by atoms with Crippen molar-refractivity contribution in [2.45, 2.75) is 18.8 Å². The van der Waals surface area contributed by atoms with Gasteiger partial charge in [0.15, 0.2) is 0 Å². The van der Waals surface area contributed by atoms with Gasteiger partial charge in [-0.1, -0.05) is 37.3 Å². The van der Waals surface area contributed by atoms with E-state index in [9.17, 15) is 5.11 Å². The summed E-state index contributed by atoms with van der Waals surface area (Å²) in [4.78, 5) is 2.34. The molecule has 1 atom stereocenters. The highest BCUT2D eigenvalue weighted by Gasteiger charge is 2.28. The molecule has 1 aromatic rings. The van der Waals surface area contributed by atoms with Gasteiger partial charge in [0.05, 0.1) is 13.2 Å². The average molecular weight is 295 g/mol. The molecule has 0 heterocycles. The standard InChI is InChI=1S/C17H29NO3/c1-17(15-19,16-8-5-4-6-9-16)14-18(11-13-21-3)10-7-12-20-2/h4-6,8-9,19H,7,10-15H2,1-3H3. The Labute approximate surface area is 128 Å². The molecule has 0 radical (unpaired) electrons. The molecule has 1 N–H and O–H groups in total. The van der Waals surface area contributed by atoms with Gasteiger partial charge in [-0.2, -0.15) is 0 Å². The molecule has 1 rings (SSSR count). The van der Waals surface area contributed by atoms with Gasteiger partial charge in [0.2, 0.25) is 0 Å². The second kappa shape index (κ2) is 9.90. The van der Waals surface area contributed by atoms with Crippen LogP contribution >= 0.6 is 0 Å². The summed E-state index contributed by atoms with van der Waals surface area (Å²) in [5, 5.41) is 9.90. The number of rotatable bonds is 11. The predicted molar refractivity (Wildman–Crippen MR) is 85.7 cm³/mol. The Bertz CT molecular complexity index is 372. The first-order chi connectivity index (χ1) is 10.2. The van der Waals surface area contributed by atoms with E-state index in [1.165, 1.54) is 5.56 Å². The Kier molecular flexibility index (Phi) is 8.54. The molecule has 0 saturated heterocycles. The fraction of sp³-hybridized carbons (Fsp3) is 0.647. The lowest BCUT2D eigenvalue weighted by molar-refractivity contribution is 0.0994. The molecule has 0 saturated carbocycles. The summed E-state index contributed by atoms with van der Waals surface area (Å²) < 4.78 is 10.3. The summed E-state index contributed by atoms with van der Waals surface area (Å²) in [6.45, 7) is 6.31. The second-order valence-electron chi connectivity index (χ2n) is 5.70. The smallest absolute Gasteiger partial charge is 0.0589 e. The third-order valence-corrected chi connectivity index (χ3v) is 3.83. The molecule has 0 aliphatic rings. The van der Waals surface area contributed by atoms with Gasteiger partial charge in [-0.15, -0.1) is 0 Å². The number of benzene rings is 1. The van der Waals surface area contributed by atoms with Crippen LogP contribution in [0, 0.1) is 0 Å². The molecule has 0 bridgehead atoms. The molecule has 21 heavy (non-hydrogen) atoms.